The Morgan fingerprint density at radius 2 is 2.11 bits per heavy atom. The number of urea groups is 1. The number of carbonyl (C=O) groups excluding carboxylic acids is 1. The molecule has 1 fully saturated rings. The van der Waals surface area contributed by atoms with Gasteiger partial charge in [0.05, 0.1) is 12.6 Å². The summed E-state index contributed by atoms with van der Waals surface area (Å²) in [5, 5.41) is 8.01. The minimum atomic E-state index is -0.125. The number of hydrogen-bond donors (Lipinski definition) is 2. The van der Waals surface area contributed by atoms with Crippen molar-refractivity contribution >= 4 is 16.8 Å². The van der Waals surface area contributed by atoms with Gasteiger partial charge in [0.25, 0.3) is 0 Å². The van der Waals surface area contributed by atoms with Crippen molar-refractivity contribution in [1.82, 2.24) is 10.6 Å². The number of benzene rings is 2. The van der Waals surface area contributed by atoms with E-state index in [1.807, 2.05) is 31.2 Å². The van der Waals surface area contributed by atoms with Crippen molar-refractivity contribution in [2.75, 3.05) is 13.2 Å². The summed E-state index contributed by atoms with van der Waals surface area (Å²) >= 11 is 0. The van der Waals surface area contributed by atoms with Gasteiger partial charge in [0, 0.05) is 12.1 Å². The Morgan fingerprint density at radius 1 is 1.26 bits per heavy atom. The van der Waals surface area contributed by atoms with E-state index in [-0.39, 0.29) is 12.1 Å². The Balaban J connectivity index is 2.16. The minimum Gasteiger partial charge on any atom is -0.493 e. The van der Waals surface area contributed by atoms with E-state index in [9.17, 15) is 4.79 Å². The standard InChI is InChI=1S/C15H16N2O2/c1-2-19-13-8-7-10-5-3-4-6-11(10)14(13)12-9-16-15(18)17-12/h3-8,12H,2,9H2,1H3,(H2,16,17,18)/t12-/m0/s1. The number of nitrogens with one attached hydrogen (secondary N) is 2. The predicted molar refractivity (Wildman–Crippen MR) is 74.4 cm³/mol. The van der Waals surface area contributed by atoms with Gasteiger partial charge in [-0.3, -0.25) is 0 Å². The monoisotopic (exact) mass is 256 g/mol. The Hall–Kier alpha value is -2.23. The van der Waals surface area contributed by atoms with Crippen molar-refractivity contribution in [2.45, 2.75) is 13.0 Å². The molecule has 1 atom stereocenters. The summed E-state index contributed by atoms with van der Waals surface area (Å²) in [4.78, 5) is 11.4. The Labute approximate surface area is 111 Å². The second-order valence-electron chi connectivity index (χ2n) is 4.54. The topological polar surface area (TPSA) is 50.4 Å². The molecule has 1 aliphatic rings. The number of carbonyl (C=O) groups is 1. The van der Waals surface area contributed by atoms with Crippen molar-refractivity contribution in [1.29, 1.82) is 0 Å². The quantitative estimate of drug-likeness (QED) is 0.886. The summed E-state index contributed by atoms with van der Waals surface area (Å²) in [6.07, 6.45) is 0. The Kier molecular flexibility index (Phi) is 2.99. The highest BCUT2D eigenvalue weighted by Crippen LogP contribution is 2.34. The van der Waals surface area contributed by atoms with Crippen LogP contribution in [0.15, 0.2) is 36.4 Å². The lowest BCUT2D eigenvalue weighted by molar-refractivity contribution is 0.247. The fourth-order valence-corrected chi connectivity index (χ4v) is 2.55. The molecule has 0 spiro atoms. The molecule has 2 aromatic carbocycles. The van der Waals surface area contributed by atoms with Crippen LogP contribution in [0, 0.1) is 0 Å². The van der Waals surface area contributed by atoms with Crippen molar-refractivity contribution in [3.63, 3.8) is 0 Å². The van der Waals surface area contributed by atoms with E-state index in [1.165, 1.54) is 0 Å². The minimum absolute atomic E-state index is 0.0415. The maximum Gasteiger partial charge on any atom is 0.315 e. The fourth-order valence-electron chi connectivity index (χ4n) is 2.55. The zero-order valence-electron chi connectivity index (χ0n) is 10.8. The van der Waals surface area contributed by atoms with Crippen molar-refractivity contribution in [3.8, 4) is 5.75 Å². The van der Waals surface area contributed by atoms with Crippen LogP contribution in [0.4, 0.5) is 4.79 Å². The summed E-state index contributed by atoms with van der Waals surface area (Å²) in [6.45, 7) is 3.16. The molecule has 2 aromatic rings. The molecule has 0 aromatic heterocycles. The molecular formula is C15H16N2O2. The summed E-state index contributed by atoms with van der Waals surface area (Å²) < 4.78 is 5.71. The molecule has 1 aliphatic heterocycles. The molecule has 2 amide bonds. The van der Waals surface area contributed by atoms with Gasteiger partial charge in [-0.25, -0.2) is 4.79 Å². The largest absolute Gasteiger partial charge is 0.493 e. The van der Waals surface area contributed by atoms with E-state index >= 15 is 0 Å². The van der Waals surface area contributed by atoms with Gasteiger partial charge in [0.15, 0.2) is 0 Å². The molecule has 1 saturated heterocycles. The Bertz CT molecular complexity index is 625. The van der Waals surface area contributed by atoms with E-state index in [0.29, 0.717) is 13.2 Å². The van der Waals surface area contributed by atoms with Crippen LogP contribution in [-0.4, -0.2) is 19.2 Å². The lowest BCUT2D eigenvalue weighted by Crippen LogP contribution is -2.22. The molecule has 0 radical (unpaired) electrons. The van der Waals surface area contributed by atoms with Crippen molar-refractivity contribution in [3.05, 3.63) is 42.0 Å². The zero-order chi connectivity index (χ0) is 13.2. The number of hydrogen-bond acceptors (Lipinski definition) is 2. The first-order chi connectivity index (χ1) is 9.29. The molecule has 0 aliphatic carbocycles. The van der Waals surface area contributed by atoms with Gasteiger partial charge in [0.1, 0.15) is 5.75 Å². The van der Waals surface area contributed by atoms with Crippen LogP contribution in [-0.2, 0) is 0 Å². The second-order valence-corrected chi connectivity index (χ2v) is 4.54. The van der Waals surface area contributed by atoms with Gasteiger partial charge in [-0.2, -0.15) is 0 Å². The summed E-state index contributed by atoms with van der Waals surface area (Å²) in [5.74, 6) is 0.843. The first kappa shape index (κ1) is 11.8. The summed E-state index contributed by atoms with van der Waals surface area (Å²) in [6, 6.07) is 12.0. The molecule has 4 heteroatoms. The van der Waals surface area contributed by atoms with Crippen LogP contribution in [0.3, 0.4) is 0 Å². The van der Waals surface area contributed by atoms with E-state index in [0.717, 1.165) is 22.1 Å². The van der Waals surface area contributed by atoms with E-state index in [1.54, 1.807) is 0 Å². The molecule has 3 rings (SSSR count). The van der Waals surface area contributed by atoms with Crippen LogP contribution < -0.4 is 15.4 Å². The van der Waals surface area contributed by atoms with Gasteiger partial charge >= 0.3 is 6.03 Å². The first-order valence-electron chi connectivity index (χ1n) is 6.48. The second kappa shape index (κ2) is 4.80. The number of ether oxygens (including phenoxy) is 1. The molecule has 1 heterocycles. The fraction of sp³-hybridized carbons (Fsp3) is 0.267. The molecule has 98 valence electrons. The van der Waals surface area contributed by atoms with Gasteiger partial charge in [-0.15, -0.1) is 0 Å². The van der Waals surface area contributed by atoms with E-state index < -0.39 is 0 Å². The maximum absolute atomic E-state index is 11.4. The molecule has 19 heavy (non-hydrogen) atoms. The third kappa shape index (κ3) is 2.10. The van der Waals surface area contributed by atoms with Crippen LogP contribution >= 0.6 is 0 Å². The molecule has 0 bridgehead atoms. The van der Waals surface area contributed by atoms with Gasteiger partial charge < -0.3 is 15.4 Å². The predicted octanol–water partition coefficient (Wildman–Crippen LogP) is 2.59. The highest BCUT2D eigenvalue weighted by molar-refractivity contribution is 5.89. The normalized spacial score (nSPS) is 18.2. The number of amides is 2. The van der Waals surface area contributed by atoms with Crippen LogP contribution in [0.2, 0.25) is 0 Å². The SMILES string of the molecule is CCOc1ccc2ccccc2c1[C@@H]1CNC(=O)N1. The van der Waals surface area contributed by atoms with Crippen LogP contribution in [0.1, 0.15) is 18.5 Å². The van der Waals surface area contributed by atoms with Gasteiger partial charge in [0.2, 0.25) is 0 Å². The van der Waals surface area contributed by atoms with Gasteiger partial charge in [-0.1, -0.05) is 30.3 Å². The Morgan fingerprint density at radius 3 is 2.84 bits per heavy atom. The van der Waals surface area contributed by atoms with Gasteiger partial charge in [-0.05, 0) is 23.8 Å². The van der Waals surface area contributed by atoms with Crippen LogP contribution in [0.5, 0.6) is 5.75 Å². The first-order valence-corrected chi connectivity index (χ1v) is 6.48. The average Bonchev–Trinajstić information content (AvgIpc) is 2.85. The molecule has 0 unspecified atom stereocenters. The average molecular weight is 256 g/mol. The van der Waals surface area contributed by atoms with Crippen molar-refractivity contribution in [2.24, 2.45) is 0 Å². The maximum atomic E-state index is 11.4. The zero-order valence-corrected chi connectivity index (χ0v) is 10.8. The van der Waals surface area contributed by atoms with E-state index in [2.05, 4.69) is 22.8 Å². The lowest BCUT2D eigenvalue weighted by atomic mass is 9.98. The van der Waals surface area contributed by atoms with Crippen molar-refractivity contribution < 1.29 is 9.53 Å². The highest BCUT2D eigenvalue weighted by Gasteiger charge is 2.26. The highest BCUT2D eigenvalue weighted by atomic mass is 16.5. The molecule has 4 nitrogen and oxygen atoms in total. The molecule has 2 N–H and O–H groups in total. The molecular weight excluding hydrogens is 240 g/mol. The smallest absolute Gasteiger partial charge is 0.315 e. The summed E-state index contributed by atoms with van der Waals surface area (Å²) in [5.41, 5.74) is 1.05. The summed E-state index contributed by atoms with van der Waals surface area (Å²) in [7, 11) is 0. The van der Waals surface area contributed by atoms with E-state index in [4.69, 9.17) is 4.74 Å². The van der Waals surface area contributed by atoms with Crippen LogP contribution in [0.25, 0.3) is 10.8 Å². The number of fused-ring (bicyclic) bond motifs is 1. The third-order valence-electron chi connectivity index (χ3n) is 3.35. The lowest BCUT2D eigenvalue weighted by Gasteiger charge is -2.17. The third-order valence-corrected chi connectivity index (χ3v) is 3.35. The number of rotatable bonds is 3. The molecule has 0 saturated carbocycles.